The van der Waals surface area contributed by atoms with Gasteiger partial charge in [0.1, 0.15) is 0 Å². The van der Waals surface area contributed by atoms with Crippen molar-refractivity contribution in [1.29, 1.82) is 0 Å². The molecule has 0 fully saturated rings. The van der Waals surface area contributed by atoms with Crippen molar-refractivity contribution in [3.05, 3.63) is 221 Å². The smallest absolute Gasteiger partial charge is 0.182 e. The van der Waals surface area contributed by atoms with Crippen LogP contribution in [0.4, 0.5) is 17.1 Å². The van der Waals surface area contributed by atoms with Gasteiger partial charge in [-0.1, -0.05) is 178 Å². The van der Waals surface area contributed by atoms with Crippen LogP contribution in [0.15, 0.2) is 188 Å². The molecular formula is C52H37NSi. The second-order valence-corrected chi connectivity index (χ2v) is 19.6. The lowest BCUT2D eigenvalue weighted by molar-refractivity contribution is 0.556. The number of anilines is 3. The summed E-state index contributed by atoms with van der Waals surface area (Å²) >= 11 is 0. The van der Waals surface area contributed by atoms with Gasteiger partial charge in [0.05, 0.1) is 16.8 Å². The van der Waals surface area contributed by atoms with Crippen LogP contribution in [-0.2, 0) is 10.8 Å². The number of hydrogen-bond donors (Lipinski definition) is 0. The first kappa shape index (κ1) is 30.3. The van der Waals surface area contributed by atoms with E-state index in [-0.39, 0.29) is 5.41 Å². The standard InChI is InChI=1S/C52H37NSi/c1-51(2)39-20-6-8-22-41(39)52(42-23-9-7-21-40(42)51)43-24-10-12-26-45(43)53(46-27-13-11-25-44(46)52)34-31-32-38-37-19-5-16-30-49(37)54(50(38)33-34)47-28-14-3-17-35(47)36-18-4-15-29-48(36)54/h3-33H,1-2H3. The van der Waals surface area contributed by atoms with E-state index in [0.29, 0.717) is 0 Å². The van der Waals surface area contributed by atoms with Gasteiger partial charge in [0.2, 0.25) is 0 Å². The van der Waals surface area contributed by atoms with E-state index in [1.165, 1.54) is 93.4 Å². The Balaban J connectivity index is 1.17. The third-order valence-corrected chi connectivity index (χ3v) is 18.3. The molecule has 1 aliphatic carbocycles. The fourth-order valence-corrected chi connectivity index (χ4v) is 17.0. The van der Waals surface area contributed by atoms with Crippen molar-refractivity contribution in [2.24, 2.45) is 0 Å². The molecule has 54 heavy (non-hydrogen) atoms. The number of fused-ring (bicyclic) bond motifs is 18. The maximum absolute atomic E-state index is 2.61. The van der Waals surface area contributed by atoms with Crippen molar-refractivity contribution in [2.45, 2.75) is 24.7 Å². The summed E-state index contributed by atoms with van der Waals surface area (Å²) in [6.07, 6.45) is 0. The molecule has 0 N–H and O–H groups in total. The highest BCUT2D eigenvalue weighted by Gasteiger charge is 2.55. The van der Waals surface area contributed by atoms with E-state index < -0.39 is 13.5 Å². The highest BCUT2D eigenvalue weighted by atomic mass is 28.3. The largest absolute Gasteiger partial charge is 0.310 e. The zero-order chi connectivity index (χ0) is 35.8. The number of rotatable bonds is 1. The molecule has 2 spiro atoms. The summed E-state index contributed by atoms with van der Waals surface area (Å²) in [7, 11) is -2.61. The fourth-order valence-electron chi connectivity index (χ4n) is 11.3. The Kier molecular flexibility index (Phi) is 5.86. The van der Waals surface area contributed by atoms with E-state index in [1.54, 1.807) is 0 Å². The lowest BCUT2D eigenvalue weighted by Crippen LogP contribution is -2.70. The van der Waals surface area contributed by atoms with Gasteiger partial charge in [-0.25, -0.2) is 0 Å². The van der Waals surface area contributed by atoms with Crippen molar-refractivity contribution in [3.63, 3.8) is 0 Å². The molecule has 0 unspecified atom stereocenters. The van der Waals surface area contributed by atoms with Crippen molar-refractivity contribution >= 4 is 45.9 Å². The van der Waals surface area contributed by atoms with Crippen LogP contribution in [0.5, 0.6) is 0 Å². The Morgan fingerprint density at radius 3 is 1.20 bits per heavy atom. The van der Waals surface area contributed by atoms with Gasteiger partial charge < -0.3 is 4.90 Å². The van der Waals surface area contributed by atoms with Crippen molar-refractivity contribution < 1.29 is 0 Å². The molecule has 0 aromatic heterocycles. The Bertz CT molecular complexity index is 2730. The second kappa shape index (κ2) is 10.5. The van der Waals surface area contributed by atoms with Gasteiger partial charge in [0.25, 0.3) is 0 Å². The molecule has 0 atom stereocenters. The molecule has 12 rings (SSSR count). The minimum atomic E-state index is -2.61. The van der Waals surface area contributed by atoms with Gasteiger partial charge in [-0.3, -0.25) is 0 Å². The van der Waals surface area contributed by atoms with Crippen molar-refractivity contribution in [3.8, 4) is 22.3 Å². The van der Waals surface area contributed by atoms with Gasteiger partial charge >= 0.3 is 0 Å². The molecule has 3 heterocycles. The predicted octanol–water partition coefficient (Wildman–Crippen LogP) is 9.83. The molecule has 0 radical (unpaired) electrons. The maximum Gasteiger partial charge on any atom is 0.182 e. The monoisotopic (exact) mass is 703 g/mol. The summed E-state index contributed by atoms with van der Waals surface area (Å²) in [5, 5.41) is 6.01. The maximum atomic E-state index is 2.58. The molecule has 3 aliphatic heterocycles. The minimum absolute atomic E-state index is 0.138. The number of benzene rings is 8. The van der Waals surface area contributed by atoms with Gasteiger partial charge in [-0.15, -0.1) is 0 Å². The number of para-hydroxylation sites is 2. The first-order valence-corrected chi connectivity index (χ1v) is 21.2. The van der Waals surface area contributed by atoms with Crippen LogP contribution in [0.1, 0.15) is 47.2 Å². The first-order valence-electron chi connectivity index (χ1n) is 19.2. The van der Waals surface area contributed by atoms with Gasteiger partial charge in [-0.2, -0.15) is 0 Å². The number of nitrogens with zero attached hydrogens (tertiary/aromatic N) is 1. The molecule has 4 aliphatic rings. The summed E-state index contributed by atoms with van der Waals surface area (Å²) < 4.78 is 0. The molecule has 254 valence electrons. The fraction of sp³-hybridized carbons (Fsp3) is 0.0769. The highest BCUT2D eigenvalue weighted by Crippen LogP contribution is 2.62. The molecular weight excluding hydrogens is 667 g/mol. The topological polar surface area (TPSA) is 3.24 Å². The van der Waals surface area contributed by atoms with Gasteiger partial charge in [-0.05, 0) is 101 Å². The second-order valence-electron chi connectivity index (χ2n) is 16.0. The molecule has 0 saturated heterocycles. The summed E-state index contributed by atoms with van der Waals surface area (Å²) in [4.78, 5) is 2.57. The number of hydrogen-bond acceptors (Lipinski definition) is 1. The Morgan fingerprint density at radius 2 is 0.722 bits per heavy atom. The molecule has 1 nitrogen and oxygen atoms in total. The lowest BCUT2D eigenvalue weighted by Gasteiger charge is -2.52. The van der Waals surface area contributed by atoms with E-state index in [0.717, 1.165) is 0 Å². The van der Waals surface area contributed by atoms with Crippen LogP contribution >= 0.6 is 0 Å². The summed E-state index contributed by atoms with van der Waals surface area (Å²) in [5.41, 5.74) is 16.8. The van der Waals surface area contributed by atoms with Crippen LogP contribution in [-0.4, -0.2) is 8.07 Å². The molecule has 8 aromatic rings. The third-order valence-electron chi connectivity index (χ3n) is 13.3. The van der Waals surface area contributed by atoms with E-state index >= 15 is 0 Å². The van der Waals surface area contributed by atoms with E-state index in [2.05, 4.69) is 207 Å². The van der Waals surface area contributed by atoms with Gasteiger partial charge in [0, 0.05) is 11.1 Å². The van der Waals surface area contributed by atoms with Crippen LogP contribution in [0.2, 0.25) is 0 Å². The quantitative estimate of drug-likeness (QED) is 0.154. The summed E-state index contributed by atoms with van der Waals surface area (Å²) in [6, 6.07) is 72.0. The minimum Gasteiger partial charge on any atom is -0.310 e. The average Bonchev–Trinajstić information content (AvgIpc) is 3.70. The molecule has 0 amide bonds. The normalized spacial score (nSPS) is 16.4. The zero-order valence-electron chi connectivity index (χ0n) is 30.3. The molecule has 2 heteroatoms. The van der Waals surface area contributed by atoms with Crippen LogP contribution < -0.4 is 25.6 Å². The molecule has 0 bridgehead atoms. The molecule has 8 aromatic carbocycles. The van der Waals surface area contributed by atoms with Crippen LogP contribution in [0.25, 0.3) is 22.3 Å². The van der Waals surface area contributed by atoms with Gasteiger partial charge in [0.15, 0.2) is 8.07 Å². The van der Waals surface area contributed by atoms with E-state index in [1.807, 2.05) is 0 Å². The zero-order valence-corrected chi connectivity index (χ0v) is 31.3. The van der Waals surface area contributed by atoms with Crippen molar-refractivity contribution in [1.82, 2.24) is 0 Å². The first-order chi connectivity index (χ1) is 26.6. The third kappa shape index (κ3) is 3.42. The van der Waals surface area contributed by atoms with Crippen molar-refractivity contribution in [2.75, 3.05) is 4.90 Å². The Hall–Kier alpha value is -6.22. The van der Waals surface area contributed by atoms with Crippen LogP contribution in [0, 0.1) is 0 Å². The van der Waals surface area contributed by atoms with Crippen LogP contribution in [0.3, 0.4) is 0 Å². The lowest BCUT2D eigenvalue weighted by atomic mass is 9.53. The summed E-state index contributed by atoms with van der Waals surface area (Å²) in [6.45, 7) is 4.79. The SMILES string of the molecule is CC1(C)c2ccccc2C2(c3ccccc3N(c3ccc4c(c3)[Si]3(c5ccccc5-c5ccccc53)c3ccccc3-4)c3ccccc32)c2ccccc21. The highest BCUT2D eigenvalue weighted by molar-refractivity contribution is 7.24. The Morgan fingerprint density at radius 1 is 0.352 bits per heavy atom. The van der Waals surface area contributed by atoms with E-state index in [4.69, 9.17) is 0 Å². The predicted molar refractivity (Wildman–Crippen MR) is 227 cm³/mol. The average molecular weight is 704 g/mol. The molecule has 0 saturated carbocycles. The summed E-state index contributed by atoms with van der Waals surface area (Å²) in [5.74, 6) is 0. The van der Waals surface area contributed by atoms with E-state index in [9.17, 15) is 0 Å². The Labute approximate surface area is 317 Å².